The van der Waals surface area contributed by atoms with Crippen molar-refractivity contribution in [1.82, 2.24) is 25.5 Å². The Bertz CT molecular complexity index is 865. The van der Waals surface area contributed by atoms with Crippen molar-refractivity contribution in [2.75, 3.05) is 33.8 Å². The molecule has 0 aliphatic heterocycles. The first-order valence-corrected chi connectivity index (χ1v) is 10.3. The van der Waals surface area contributed by atoms with E-state index in [-0.39, 0.29) is 13.0 Å². The Morgan fingerprint density at radius 2 is 2.00 bits per heavy atom. The normalized spacial score (nSPS) is 11.8. The smallest absolute Gasteiger partial charge is 0.392 e. The van der Waals surface area contributed by atoms with E-state index in [4.69, 9.17) is 4.74 Å². The quantitative estimate of drug-likeness (QED) is 0.356. The number of ether oxygens (including phenoxy) is 1. The van der Waals surface area contributed by atoms with Crippen molar-refractivity contribution in [3.05, 3.63) is 41.9 Å². The molecule has 32 heavy (non-hydrogen) atoms. The Kier molecular flexibility index (Phi) is 10.7. The van der Waals surface area contributed by atoms with Gasteiger partial charge in [0.2, 0.25) is 6.41 Å². The van der Waals surface area contributed by atoms with Gasteiger partial charge >= 0.3 is 6.18 Å². The molecule has 0 spiro atoms. The summed E-state index contributed by atoms with van der Waals surface area (Å²) in [5, 5.41) is 5.45. The number of carbonyl (C=O) groups excluding carboxylic acids is 1. The largest absolute Gasteiger partial charge is 0.416 e. The summed E-state index contributed by atoms with van der Waals surface area (Å²) in [5.74, 6) is 0.587. The minimum Gasteiger partial charge on any atom is -0.392 e. The lowest BCUT2D eigenvalue weighted by Crippen LogP contribution is -2.42. The number of nitrogens with one attached hydrogen (secondary N) is 3. The number of benzene rings is 1. The maximum absolute atomic E-state index is 12.8. The van der Waals surface area contributed by atoms with Gasteiger partial charge in [-0.15, -0.1) is 0 Å². The molecule has 0 aliphatic carbocycles. The van der Waals surface area contributed by atoms with Gasteiger partial charge in [0.1, 0.15) is 5.82 Å². The van der Waals surface area contributed by atoms with E-state index in [1.807, 2.05) is 39.2 Å². The fourth-order valence-electron chi connectivity index (χ4n) is 2.52. The molecule has 7 nitrogen and oxygen atoms in total. The highest BCUT2D eigenvalue weighted by Gasteiger charge is 2.48. The number of amides is 1. The van der Waals surface area contributed by atoms with Gasteiger partial charge in [-0.1, -0.05) is 12.6 Å². The summed E-state index contributed by atoms with van der Waals surface area (Å²) in [6.45, 7) is 9.42. The molecule has 0 saturated carbocycles. The molecule has 1 aromatic carbocycles. The molecule has 1 amide bonds. The van der Waals surface area contributed by atoms with Crippen LogP contribution in [0, 0.1) is 0 Å². The zero-order valence-corrected chi connectivity index (χ0v) is 19.4. The maximum Gasteiger partial charge on any atom is 0.416 e. The van der Waals surface area contributed by atoms with Gasteiger partial charge in [0, 0.05) is 33.1 Å². The number of carbonyl (C=O) groups is 1. The van der Waals surface area contributed by atoms with Crippen molar-refractivity contribution in [3.8, 4) is 0 Å². The van der Waals surface area contributed by atoms with Crippen molar-refractivity contribution in [2.45, 2.75) is 45.5 Å². The fourth-order valence-corrected chi connectivity index (χ4v) is 2.52. The van der Waals surface area contributed by atoms with Crippen molar-refractivity contribution in [3.63, 3.8) is 0 Å². The van der Waals surface area contributed by atoms with Gasteiger partial charge in [0.05, 0.1) is 17.6 Å². The number of aromatic nitrogens is 2. The number of fused-ring (bicyclic) bond motifs is 1. The van der Waals surface area contributed by atoms with E-state index >= 15 is 0 Å². The van der Waals surface area contributed by atoms with Crippen LogP contribution in [-0.2, 0) is 22.5 Å². The number of nitrogens with zero attached hydrogens (tertiary/aromatic N) is 2. The monoisotopic (exact) mass is 457 g/mol. The Balaban J connectivity index is 0.000000920. The number of likely N-dealkylation sites (N-methyl/N-ethyl adjacent to an activating group) is 1. The van der Waals surface area contributed by atoms with E-state index in [0.29, 0.717) is 25.3 Å². The third kappa shape index (κ3) is 9.27. The molecule has 0 fully saturated rings. The van der Waals surface area contributed by atoms with Crippen molar-refractivity contribution in [1.29, 1.82) is 0 Å². The predicted molar refractivity (Wildman–Crippen MR) is 120 cm³/mol. The van der Waals surface area contributed by atoms with E-state index in [0.717, 1.165) is 42.7 Å². The molecule has 10 heteroatoms. The van der Waals surface area contributed by atoms with Gasteiger partial charge in [0.15, 0.2) is 5.60 Å². The van der Waals surface area contributed by atoms with Gasteiger partial charge in [-0.2, -0.15) is 13.2 Å². The predicted octanol–water partition coefficient (Wildman–Crippen LogP) is 3.38. The number of rotatable bonds is 11. The summed E-state index contributed by atoms with van der Waals surface area (Å²) in [7, 11) is 3.80. The molecule has 2 aromatic rings. The van der Waals surface area contributed by atoms with Crippen LogP contribution in [0.15, 0.2) is 30.5 Å². The van der Waals surface area contributed by atoms with Gasteiger partial charge in [-0.25, -0.2) is 4.98 Å². The Morgan fingerprint density at radius 3 is 2.56 bits per heavy atom. The summed E-state index contributed by atoms with van der Waals surface area (Å²) < 4.78 is 43.4. The third-order valence-corrected chi connectivity index (χ3v) is 4.68. The molecule has 0 bridgehead atoms. The highest BCUT2D eigenvalue weighted by molar-refractivity contribution is 5.75. The van der Waals surface area contributed by atoms with Gasteiger partial charge in [0.25, 0.3) is 0 Å². The molecule has 1 heterocycles. The topological polar surface area (TPSA) is 82.3 Å². The third-order valence-electron chi connectivity index (χ3n) is 4.68. The van der Waals surface area contributed by atoms with Gasteiger partial charge < -0.3 is 25.3 Å². The second kappa shape index (κ2) is 12.4. The Labute approximate surface area is 187 Å². The van der Waals surface area contributed by atoms with Crippen molar-refractivity contribution >= 4 is 17.4 Å². The number of H-pyrrole nitrogens is 1. The van der Waals surface area contributed by atoms with Crippen LogP contribution < -0.4 is 10.6 Å². The molecule has 1 aromatic heterocycles. The number of allylic oxidation sites excluding steroid dienone is 1. The van der Waals surface area contributed by atoms with E-state index < -0.39 is 11.8 Å². The van der Waals surface area contributed by atoms with Crippen LogP contribution in [0.25, 0.3) is 11.0 Å². The van der Waals surface area contributed by atoms with Crippen LogP contribution in [0.4, 0.5) is 13.2 Å². The minimum absolute atomic E-state index is 0.0777. The van der Waals surface area contributed by atoms with E-state index in [1.54, 1.807) is 0 Å². The number of imidazole rings is 1. The standard InChI is InChI=1S/C18H25F3N4O2.C4H9N/c1-17(2,18(19,20)21)27-9-6-16-23-14-5-4-13(10-15(14)24-16)11-25(3)8-7-22-12-26;1-4(2)5-3/h4-5,10,12H,6-9,11H2,1-3H3,(H,22,26)(H,23,24);5H,1H2,2-3H3. The molecule has 0 atom stereocenters. The summed E-state index contributed by atoms with van der Waals surface area (Å²) in [6.07, 6.45) is -3.48. The molecule has 0 saturated heterocycles. The highest BCUT2D eigenvalue weighted by Crippen LogP contribution is 2.32. The van der Waals surface area contributed by atoms with Gasteiger partial charge in [-0.05, 0) is 51.2 Å². The molecular weight excluding hydrogens is 423 g/mol. The minimum atomic E-state index is -4.41. The molecular formula is C22H34F3N5O2. The SMILES string of the molecule is C=C(C)NC.CN(CCNC=O)Cc1ccc2nc(CCOC(C)(C)C(F)(F)F)[nH]c2c1. The van der Waals surface area contributed by atoms with E-state index in [1.165, 1.54) is 0 Å². The van der Waals surface area contributed by atoms with Gasteiger partial charge in [-0.3, -0.25) is 4.79 Å². The van der Waals surface area contributed by atoms with Crippen molar-refractivity contribution in [2.24, 2.45) is 0 Å². The van der Waals surface area contributed by atoms with Crippen LogP contribution >= 0.6 is 0 Å². The first kappa shape index (κ1) is 27.4. The lowest BCUT2D eigenvalue weighted by atomic mass is 10.1. The summed E-state index contributed by atoms with van der Waals surface area (Å²) in [6, 6.07) is 5.80. The molecule has 0 unspecified atom stereocenters. The Hall–Kier alpha value is -2.59. The number of hydrogen-bond donors (Lipinski definition) is 3. The van der Waals surface area contributed by atoms with Crippen LogP contribution in [0.2, 0.25) is 0 Å². The molecule has 180 valence electrons. The summed E-state index contributed by atoms with van der Waals surface area (Å²) >= 11 is 0. The fraction of sp³-hybridized carbons (Fsp3) is 0.545. The summed E-state index contributed by atoms with van der Waals surface area (Å²) in [4.78, 5) is 19.9. The Morgan fingerprint density at radius 1 is 1.34 bits per heavy atom. The highest BCUT2D eigenvalue weighted by atomic mass is 19.4. The molecule has 3 N–H and O–H groups in total. The second-order valence-electron chi connectivity index (χ2n) is 7.98. The van der Waals surface area contributed by atoms with Crippen LogP contribution in [-0.4, -0.2) is 66.8 Å². The lowest BCUT2D eigenvalue weighted by Gasteiger charge is -2.27. The zero-order valence-electron chi connectivity index (χ0n) is 19.4. The zero-order chi connectivity index (χ0) is 24.4. The maximum atomic E-state index is 12.8. The second-order valence-corrected chi connectivity index (χ2v) is 7.98. The first-order valence-electron chi connectivity index (χ1n) is 10.3. The number of halogens is 3. The molecule has 0 radical (unpaired) electrons. The molecule has 0 aliphatic rings. The van der Waals surface area contributed by atoms with E-state index in [9.17, 15) is 18.0 Å². The first-order chi connectivity index (χ1) is 14.9. The average molecular weight is 458 g/mol. The average Bonchev–Trinajstić information content (AvgIpc) is 3.09. The van der Waals surface area contributed by atoms with Crippen LogP contribution in [0.3, 0.4) is 0 Å². The molecule has 2 rings (SSSR count). The number of alkyl halides is 3. The lowest BCUT2D eigenvalue weighted by molar-refractivity contribution is -0.263. The van der Waals surface area contributed by atoms with Crippen LogP contribution in [0.1, 0.15) is 32.2 Å². The number of aromatic amines is 1. The number of hydrogen-bond acceptors (Lipinski definition) is 5. The van der Waals surface area contributed by atoms with E-state index in [2.05, 4.69) is 32.1 Å². The summed E-state index contributed by atoms with van der Waals surface area (Å²) in [5.41, 5.74) is 1.48. The van der Waals surface area contributed by atoms with Crippen molar-refractivity contribution < 1.29 is 22.7 Å². The van der Waals surface area contributed by atoms with Crippen LogP contribution in [0.5, 0.6) is 0 Å².